The topological polar surface area (TPSA) is 99.2 Å². The summed E-state index contributed by atoms with van der Waals surface area (Å²) in [7, 11) is 0. The summed E-state index contributed by atoms with van der Waals surface area (Å²) in [5.41, 5.74) is 7.87. The summed E-state index contributed by atoms with van der Waals surface area (Å²) >= 11 is 0. The van der Waals surface area contributed by atoms with Crippen molar-refractivity contribution in [3.63, 3.8) is 0 Å². The quantitative estimate of drug-likeness (QED) is 0.554. The van der Waals surface area contributed by atoms with Crippen LogP contribution in [-0.4, -0.2) is 11.8 Å². The van der Waals surface area contributed by atoms with E-state index >= 15 is 0 Å². The Kier molecular flexibility index (Phi) is 5.15. The highest BCUT2D eigenvalue weighted by molar-refractivity contribution is 6.45. The first-order valence-corrected chi connectivity index (χ1v) is 8.15. The summed E-state index contributed by atoms with van der Waals surface area (Å²) in [5, 5.41) is 11.7. The molecule has 0 saturated heterocycles. The van der Waals surface area contributed by atoms with Crippen LogP contribution in [0.4, 0.5) is 22.7 Å². The summed E-state index contributed by atoms with van der Waals surface area (Å²) in [6.07, 6.45) is 0. The van der Waals surface area contributed by atoms with E-state index < -0.39 is 11.8 Å². The van der Waals surface area contributed by atoms with E-state index in [1.54, 1.807) is 72.8 Å². The number of carbonyl (C=O) groups is 2. The number of nitrogens with two attached hydrogens (primary N) is 1. The fourth-order valence-electron chi connectivity index (χ4n) is 2.55. The lowest BCUT2D eigenvalue weighted by Crippen LogP contribution is -2.36. The lowest BCUT2D eigenvalue weighted by atomic mass is 10.2. The van der Waals surface area contributed by atoms with Crippen molar-refractivity contribution in [3.05, 3.63) is 84.4 Å². The number of carbonyl (C=O) groups excluding carboxylic acids is 2. The predicted octanol–water partition coefficient (Wildman–Crippen LogP) is 3.44. The third-order valence-electron chi connectivity index (χ3n) is 3.86. The van der Waals surface area contributed by atoms with Crippen molar-refractivity contribution in [2.45, 2.75) is 0 Å². The van der Waals surface area contributed by atoms with Gasteiger partial charge in [-0.3, -0.25) is 14.5 Å². The summed E-state index contributed by atoms with van der Waals surface area (Å²) < 4.78 is 0. The second kappa shape index (κ2) is 7.85. The minimum Gasteiger partial charge on any atom is -0.399 e. The molecular formula is C21H16N4O2. The number of anilines is 4. The number of nitriles is 1. The first kappa shape index (κ1) is 17.7. The van der Waals surface area contributed by atoms with Crippen LogP contribution in [0.2, 0.25) is 0 Å². The molecule has 3 aromatic rings. The van der Waals surface area contributed by atoms with E-state index in [9.17, 15) is 9.59 Å². The summed E-state index contributed by atoms with van der Waals surface area (Å²) in [6, 6.07) is 23.9. The molecule has 0 aliphatic rings. The van der Waals surface area contributed by atoms with Gasteiger partial charge in [0.05, 0.1) is 11.3 Å². The van der Waals surface area contributed by atoms with Crippen LogP contribution in [0.15, 0.2) is 78.9 Å². The number of nitrogens with one attached hydrogen (secondary N) is 1. The molecule has 0 fully saturated rings. The van der Waals surface area contributed by atoms with Crippen molar-refractivity contribution in [1.29, 1.82) is 5.26 Å². The highest BCUT2D eigenvalue weighted by atomic mass is 16.2. The van der Waals surface area contributed by atoms with Gasteiger partial charge in [0, 0.05) is 17.1 Å². The van der Waals surface area contributed by atoms with Crippen LogP contribution in [-0.2, 0) is 9.59 Å². The molecule has 0 heterocycles. The van der Waals surface area contributed by atoms with Gasteiger partial charge in [-0.25, -0.2) is 0 Å². The molecule has 3 aromatic carbocycles. The molecule has 0 bridgehead atoms. The number of nitrogen functional groups attached to an aromatic ring is 1. The van der Waals surface area contributed by atoms with Crippen molar-refractivity contribution >= 4 is 34.6 Å². The van der Waals surface area contributed by atoms with Gasteiger partial charge in [0.1, 0.15) is 6.07 Å². The summed E-state index contributed by atoms with van der Waals surface area (Å²) in [5.74, 6) is -1.63. The maximum absolute atomic E-state index is 12.9. The summed E-state index contributed by atoms with van der Waals surface area (Å²) in [6.45, 7) is 0. The third-order valence-corrected chi connectivity index (χ3v) is 3.86. The molecule has 0 unspecified atom stereocenters. The van der Waals surface area contributed by atoms with Crippen LogP contribution in [0, 0.1) is 11.3 Å². The molecule has 3 N–H and O–H groups in total. The number of benzene rings is 3. The van der Waals surface area contributed by atoms with E-state index in [0.29, 0.717) is 17.1 Å². The van der Waals surface area contributed by atoms with Crippen LogP contribution in [0.25, 0.3) is 0 Å². The van der Waals surface area contributed by atoms with Gasteiger partial charge in [-0.1, -0.05) is 30.3 Å². The Morgan fingerprint density at radius 1 is 0.852 bits per heavy atom. The maximum Gasteiger partial charge on any atom is 0.321 e. The van der Waals surface area contributed by atoms with E-state index in [0.717, 1.165) is 0 Å². The van der Waals surface area contributed by atoms with Gasteiger partial charge >= 0.3 is 11.8 Å². The molecule has 3 rings (SSSR count). The highest BCUT2D eigenvalue weighted by Crippen LogP contribution is 2.26. The highest BCUT2D eigenvalue weighted by Gasteiger charge is 2.25. The Morgan fingerprint density at radius 2 is 1.44 bits per heavy atom. The SMILES string of the molecule is N#Cc1ccccc1NC(=O)C(=O)N(c1ccccc1)c1ccc(N)cc1. The Bertz CT molecular complexity index is 1010. The molecule has 132 valence electrons. The van der Waals surface area contributed by atoms with E-state index in [4.69, 9.17) is 11.0 Å². The van der Waals surface area contributed by atoms with Crippen LogP contribution < -0.4 is 16.0 Å². The summed E-state index contributed by atoms with van der Waals surface area (Å²) in [4.78, 5) is 26.8. The number of amides is 2. The number of hydrogen-bond acceptors (Lipinski definition) is 4. The van der Waals surface area contributed by atoms with E-state index in [-0.39, 0.29) is 11.3 Å². The average molecular weight is 356 g/mol. The van der Waals surface area contributed by atoms with Gasteiger partial charge < -0.3 is 11.1 Å². The second-order valence-electron chi connectivity index (χ2n) is 5.68. The second-order valence-corrected chi connectivity index (χ2v) is 5.68. The molecule has 6 heteroatoms. The van der Waals surface area contributed by atoms with Crippen LogP contribution in [0.5, 0.6) is 0 Å². The molecule has 27 heavy (non-hydrogen) atoms. The molecular weight excluding hydrogens is 340 g/mol. The molecule has 0 aliphatic carbocycles. The van der Waals surface area contributed by atoms with Crippen molar-refractivity contribution in [1.82, 2.24) is 0 Å². The molecule has 0 spiro atoms. The molecule has 6 nitrogen and oxygen atoms in total. The smallest absolute Gasteiger partial charge is 0.321 e. The predicted molar refractivity (Wildman–Crippen MR) is 104 cm³/mol. The zero-order valence-corrected chi connectivity index (χ0v) is 14.3. The number of nitrogens with zero attached hydrogens (tertiary/aromatic N) is 2. The minimum absolute atomic E-state index is 0.275. The largest absolute Gasteiger partial charge is 0.399 e. The van der Waals surface area contributed by atoms with Gasteiger partial charge in [-0.15, -0.1) is 0 Å². The number of rotatable bonds is 3. The molecule has 0 aliphatic heterocycles. The molecule has 2 amide bonds. The number of hydrogen-bond donors (Lipinski definition) is 2. The Labute approximate surface area is 156 Å². The standard InChI is InChI=1S/C21H16N4O2/c22-14-15-6-4-5-9-19(15)24-20(26)21(27)25(17-7-2-1-3-8-17)18-12-10-16(23)11-13-18/h1-13H,23H2,(H,24,26). The zero-order chi connectivity index (χ0) is 19.2. The normalized spacial score (nSPS) is 9.89. The van der Waals surface area contributed by atoms with Crippen molar-refractivity contribution in [2.24, 2.45) is 0 Å². The molecule has 0 saturated carbocycles. The molecule has 0 radical (unpaired) electrons. The fourth-order valence-corrected chi connectivity index (χ4v) is 2.55. The first-order chi connectivity index (χ1) is 13.1. The first-order valence-electron chi connectivity index (χ1n) is 8.15. The van der Waals surface area contributed by atoms with Crippen molar-refractivity contribution in [3.8, 4) is 6.07 Å². The third kappa shape index (κ3) is 3.94. The maximum atomic E-state index is 12.9. The zero-order valence-electron chi connectivity index (χ0n) is 14.3. The van der Waals surface area contributed by atoms with Gasteiger partial charge in [-0.2, -0.15) is 5.26 Å². The molecule has 0 aromatic heterocycles. The van der Waals surface area contributed by atoms with Crippen molar-refractivity contribution in [2.75, 3.05) is 16.0 Å². The van der Waals surface area contributed by atoms with Crippen LogP contribution in [0.1, 0.15) is 5.56 Å². The van der Waals surface area contributed by atoms with Gasteiger partial charge in [-0.05, 0) is 48.5 Å². The fraction of sp³-hybridized carbons (Fsp3) is 0. The lowest BCUT2D eigenvalue weighted by Gasteiger charge is -2.22. The average Bonchev–Trinajstić information content (AvgIpc) is 2.70. The number of para-hydroxylation sites is 2. The van der Waals surface area contributed by atoms with E-state index in [1.807, 2.05) is 12.1 Å². The monoisotopic (exact) mass is 356 g/mol. The van der Waals surface area contributed by atoms with Gasteiger partial charge in [0.15, 0.2) is 0 Å². The lowest BCUT2D eigenvalue weighted by molar-refractivity contribution is -0.134. The molecule has 0 atom stereocenters. The Morgan fingerprint density at radius 3 is 2.11 bits per heavy atom. The van der Waals surface area contributed by atoms with E-state index in [2.05, 4.69) is 5.32 Å². The Hall–Kier alpha value is -4.11. The van der Waals surface area contributed by atoms with E-state index in [1.165, 1.54) is 4.90 Å². The van der Waals surface area contributed by atoms with Crippen LogP contribution >= 0.6 is 0 Å². The van der Waals surface area contributed by atoms with Gasteiger partial charge in [0.25, 0.3) is 0 Å². The minimum atomic E-state index is -0.849. The Balaban J connectivity index is 1.94. The van der Waals surface area contributed by atoms with Gasteiger partial charge in [0.2, 0.25) is 0 Å². The van der Waals surface area contributed by atoms with Crippen molar-refractivity contribution < 1.29 is 9.59 Å². The van der Waals surface area contributed by atoms with Crippen LogP contribution in [0.3, 0.4) is 0 Å².